The summed E-state index contributed by atoms with van der Waals surface area (Å²) in [5.41, 5.74) is -2.80. The molecule has 0 bridgehead atoms. The van der Waals surface area contributed by atoms with Crippen LogP contribution in [0.4, 0.5) is 9.18 Å². The van der Waals surface area contributed by atoms with Crippen molar-refractivity contribution in [3.05, 3.63) is 12.2 Å². The number of alkyl halides is 1. The third-order valence-electron chi connectivity index (χ3n) is 5.83. The molecule has 7 nitrogen and oxygen atoms in total. The predicted octanol–water partition coefficient (Wildman–Crippen LogP) is 4.59. The fourth-order valence-corrected chi connectivity index (χ4v) is 3.44. The second kappa shape index (κ2) is 9.57. The van der Waals surface area contributed by atoms with Crippen LogP contribution in [-0.2, 0) is 19.1 Å². The van der Waals surface area contributed by atoms with Gasteiger partial charge >= 0.3 is 18.0 Å². The van der Waals surface area contributed by atoms with Crippen molar-refractivity contribution in [3.63, 3.8) is 0 Å². The first-order valence-corrected chi connectivity index (χ1v) is 10.6. The van der Waals surface area contributed by atoms with Crippen molar-refractivity contribution >= 4 is 18.0 Å². The minimum Gasteiger partial charge on any atom is -0.479 e. The average Bonchev–Trinajstić information content (AvgIpc) is 2.57. The fourth-order valence-electron chi connectivity index (χ4n) is 3.44. The molecular formula is C23H38FNO6. The van der Waals surface area contributed by atoms with Gasteiger partial charge in [0.15, 0.2) is 6.10 Å². The average molecular weight is 444 g/mol. The van der Waals surface area contributed by atoms with E-state index in [1.807, 2.05) is 32.9 Å². The molecule has 0 aliphatic heterocycles. The molecule has 0 aromatic rings. The summed E-state index contributed by atoms with van der Waals surface area (Å²) in [5.74, 6) is -2.04. The van der Waals surface area contributed by atoms with Crippen molar-refractivity contribution in [2.24, 2.45) is 17.3 Å². The summed E-state index contributed by atoms with van der Waals surface area (Å²) in [6, 6.07) is -1.33. The van der Waals surface area contributed by atoms with Crippen LogP contribution in [0.15, 0.2) is 12.2 Å². The van der Waals surface area contributed by atoms with Crippen LogP contribution in [-0.4, -0.2) is 58.5 Å². The SMILES string of the molecule is CC(C)C1(C)C=CC1C[C@@H](OC(=O)[C@H](CC(C)(C)F)N(C)C(=O)OC(C)(C)C)C(=O)O. The number of allylic oxidation sites excluding steroid dienone is 2. The van der Waals surface area contributed by atoms with E-state index in [1.165, 1.54) is 20.9 Å². The Morgan fingerprint density at radius 2 is 1.74 bits per heavy atom. The highest BCUT2D eigenvalue weighted by Crippen LogP contribution is 2.47. The highest BCUT2D eigenvalue weighted by atomic mass is 19.1. The van der Waals surface area contributed by atoms with Gasteiger partial charge < -0.3 is 14.6 Å². The van der Waals surface area contributed by atoms with Crippen molar-refractivity contribution in [1.82, 2.24) is 4.90 Å². The van der Waals surface area contributed by atoms with Gasteiger partial charge in [-0.3, -0.25) is 4.90 Å². The summed E-state index contributed by atoms with van der Waals surface area (Å²) in [6.07, 6.45) is 1.47. The van der Waals surface area contributed by atoms with Gasteiger partial charge in [-0.25, -0.2) is 18.8 Å². The van der Waals surface area contributed by atoms with E-state index in [0.29, 0.717) is 0 Å². The molecule has 31 heavy (non-hydrogen) atoms. The Balaban J connectivity index is 3.02. The van der Waals surface area contributed by atoms with Crippen LogP contribution in [0, 0.1) is 17.3 Å². The molecule has 0 heterocycles. The summed E-state index contributed by atoms with van der Waals surface area (Å²) in [6.45, 7) is 13.7. The van der Waals surface area contributed by atoms with Gasteiger partial charge in [0.1, 0.15) is 17.3 Å². The highest BCUT2D eigenvalue weighted by molar-refractivity contribution is 5.84. The minimum atomic E-state index is -1.80. The molecule has 1 rings (SSSR count). The van der Waals surface area contributed by atoms with Gasteiger partial charge in [0.05, 0.1) is 0 Å². The molecule has 0 radical (unpaired) electrons. The number of aliphatic carboxylic acids is 1. The number of likely N-dealkylation sites (N-methyl/N-ethyl adjacent to an activating group) is 1. The Bertz CT molecular complexity index is 706. The first kappa shape index (κ1) is 26.9. The van der Waals surface area contributed by atoms with Crippen LogP contribution in [0.1, 0.15) is 68.2 Å². The van der Waals surface area contributed by atoms with E-state index >= 15 is 0 Å². The fraction of sp³-hybridized carbons (Fsp3) is 0.783. The number of carboxylic acid groups (broad SMARTS) is 1. The smallest absolute Gasteiger partial charge is 0.410 e. The monoisotopic (exact) mass is 443 g/mol. The zero-order valence-electron chi connectivity index (χ0n) is 20.2. The quantitative estimate of drug-likeness (QED) is 0.414. The number of carbonyl (C=O) groups excluding carboxylic acids is 2. The van der Waals surface area contributed by atoms with Crippen molar-refractivity contribution in [3.8, 4) is 0 Å². The zero-order chi connectivity index (χ0) is 24.4. The number of amides is 1. The molecule has 4 atom stereocenters. The third kappa shape index (κ3) is 7.51. The number of ether oxygens (including phenoxy) is 2. The second-order valence-electron chi connectivity index (χ2n) is 10.5. The number of halogens is 1. The zero-order valence-corrected chi connectivity index (χ0v) is 20.2. The topological polar surface area (TPSA) is 93.1 Å². The van der Waals surface area contributed by atoms with Gasteiger partial charge in [0.25, 0.3) is 0 Å². The van der Waals surface area contributed by atoms with E-state index < -0.39 is 41.4 Å². The summed E-state index contributed by atoms with van der Waals surface area (Å²) < 4.78 is 25.0. The summed E-state index contributed by atoms with van der Waals surface area (Å²) >= 11 is 0. The van der Waals surface area contributed by atoms with Gasteiger partial charge in [-0.2, -0.15) is 0 Å². The van der Waals surface area contributed by atoms with Crippen LogP contribution < -0.4 is 0 Å². The molecule has 0 aromatic heterocycles. The van der Waals surface area contributed by atoms with E-state index in [2.05, 4.69) is 0 Å². The van der Waals surface area contributed by atoms with E-state index in [0.717, 1.165) is 4.90 Å². The molecule has 2 unspecified atom stereocenters. The van der Waals surface area contributed by atoms with E-state index in [-0.39, 0.29) is 30.1 Å². The van der Waals surface area contributed by atoms with Gasteiger partial charge in [-0.05, 0) is 51.9 Å². The standard InChI is InChI=1S/C23H38FNO6/c1-14(2)23(8)11-10-15(23)12-17(18(26)27)30-19(28)16(13-22(6,7)24)25(9)20(29)31-21(3,4)5/h10-11,14-17H,12-13H2,1-9H3,(H,26,27)/t15?,16-,17+,23?/m0/s1. The molecule has 1 aliphatic rings. The molecule has 1 aliphatic carbocycles. The number of esters is 1. The molecule has 0 saturated heterocycles. The van der Waals surface area contributed by atoms with E-state index in [9.17, 15) is 23.9 Å². The predicted molar refractivity (Wildman–Crippen MR) is 115 cm³/mol. The Kier molecular flexibility index (Phi) is 8.31. The third-order valence-corrected chi connectivity index (χ3v) is 5.83. The molecule has 0 fully saturated rings. The number of hydrogen-bond donors (Lipinski definition) is 1. The van der Waals surface area contributed by atoms with Crippen molar-refractivity contribution in [2.75, 3.05) is 7.05 Å². The van der Waals surface area contributed by atoms with Crippen LogP contribution >= 0.6 is 0 Å². The normalized spacial score (nSPS) is 23.0. The number of carboxylic acids is 1. The van der Waals surface area contributed by atoms with Gasteiger partial charge in [-0.1, -0.05) is 32.9 Å². The van der Waals surface area contributed by atoms with Gasteiger partial charge in [0.2, 0.25) is 0 Å². The van der Waals surface area contributed by atoms with Crippen LogP contribution in [0.25, 0.3) is 0 Å². The van der Waals surface area contributed by atoms with Crippen molar-refractivity contribution < 1.29 is 33.4 Å². The van der Waals surface area contributed by atoms with Crippen molar-refractivity contribution in [1.29, 1.82) is 0 Å². The number of carbonyl (C=O) groups is 3. The molecule has 0 saturated carbocycles. The Morgan fingerprint density at radius 3 is 2.10 bits per heavy atom. The van der Waals surface area contributed by atoms with Crippen molar-refractivity contribution in [2.45, 2.75) is 91.6 Å². The Morgan fingerprint density at radius 1 is 1.19 bits per heavy atom. The molecular weight excluding hydrogens is 405 g/mol. The lowest BCUT2D eigenvalue weighted by Crippen LogP contribution is -2.49. The maximum atomic E-state index is 14.4. The number of rotatable bonds is 9. The summed E-state index contributed by atoms with van der Waals surface area (Å²) in [4.78, 5) is 38.1. The van der Waals surface area contributed by atoms with Gasteiger partial charge in [-0.15, -0.1) is 0 Å². The maximum absolute atomic E-state index is 14.4. The Hall–Kier alpha value is -2.12. The van der Waals surface area contributed by atoms with E-state index in [4.69, 9.17) is 9.47 Å². The second-order valence-corrected chi connectivity index (χ2v) is 10.5. The summed E-state index contributed by atoms with van der Waals surface area (Å²) in [5, 5.41) is 9.63. The first-order chi connectivity index (χ1) is 13.9. The van der Waals surface area contributed by atoms with Crippen LogP contribution in [0.5, 0.6) is 0 Å². The molecule has 8 heteroatoms. The van der Waals surface area contributed by atoms with Crippen LogP contribution in [0.2, 0.25) is 0 Å². The largest absolute Gasteiger partial charge is 0.479 e. The molecule has 1 amide bonds. The highest BCUT2D eigenvalue weighted by Gasteiger charge is 2.44. The lowest BCUT2D eigenvalue weighted by molar-refractivity contribution is -0.170. The Labute approximate surface area is 185 Å². The number of nitrogens with zero attached hydrogens (tertiary/aromatic N) is 1. The first-order valence-electron chi connectivity index (χ1n) is 10.6. The molecule has 0 spiro atoms. The van der Waals surface area contributed by atoms with Crippen LogP contribution in [0.3, 0.4) is 0 Å². The molecule has 178 valence electrons. The number of hydrogen-bond acceptors (Lipinski definition) is 5. The lowest BCUT2D eigenvalue weighted by atomic mass is 9.60. The lowest BCUT2D eigenvalue weighted by Gasteiger charge is -2.45. The molecule has 0 aromatic carbocycles. The maximum Gasteiger partial charge on any atom is 0.410 e. The summed E-state index contributed by atoms with van der Waals surface area (Å²) in [7, 11) is 1.31. The van der Waals surface area contributed by atoms with Gasteiger partial charge in [0, 0.05) is 19.9 Å². The minimum absolute atomic E-state index is 0.0685. The molecule has 1 N–H and O–H groups in total. The van der Waals surface area contributed by atoms with E-state index in [1.54, 1.807) is 20.8 Å².